The number of pyridine rings is 1. The van der Waals surface area contributed by atoms with Crippen LogP contribution in [0.1, 0.15) is 28.0 Å². The van der Waals surface area contributed by atoms with Gasteiger partial charge in [0.15, 0.2) is 5.65 Å². The highest BCUT2D eigenvalue weighted by Gasteiger charge is 2.23. The molecule has 27 heavy (non-hydrogen) atoms. The summed E-state index contributed by atoms with van der Waals surface area (Å²) in [6.07, 6.45) is 2.83. The van der Waals surface area contributed by atoms with Crippen molar-refractivity contribution in [2.45, 2.75) is 19.9 Å². The summed E-state index contributed by atoms with van der Waals surface area (Å²) >= 11 is 0. The average molecular weight is 363 g/mol. The smallest absolute Gasteiger partial charge is 0.252 e. The number of nitrogens with one attached hydrogen (secondary N) is 1. The predicted octanol–water partition coefficient (Wildman–Crippen LogP) is 2.53. The molecule has 1 atom stereocenters. The number of carbonyl (C=O) groups is 1. The van der Waals surface area contributed by atoms with Crippen molar-refractivity contribution in [1.29, 1.82) is 0 Å². The van der Waals surface area contributed by atoms with Gasteiger partial charge in [0, 0.05) is 32.4 Å². The van der Waals surface area contributed by atoms with Crippen LogP contribution in [0.15, 0.2) is 42.6 Å². The van der Waals surface area contributed by atoms with Crippen LogP contribution in [0.4, 0.5) is 0 Å². The third-order valence-electron chi connectivity index (χ3n) is 5.25. The summed E-state index contributed by atoms with van der Waals surface area (Å²) in [5.41, 5.74) is 3.57. The van der Waals surface area contributed by atoms with Gasteiger partial charge in [-0.2, -0.15) is 5.10 Å². The van der Waals surface area contributed by atoms with Crippen molar-refractivity contribution in [3.63, 3.8) is 0 Å². The molecule has 1 N–H and O–H groups in total. The standard InChI is InChI=1S/C21H25N5O/c1-15-10-18(19-12-23-25(2)20(19)24-15)21(27)22-11-17-8-9-26(14-17)13-16-6-4-3-5-7-16/h3-7,10,12,17H,8-9,11,13-14H2,1-2H3,(H,22,27). The molecule has 1 saturated heterocycles. The summed E-state index contributed by atoms with van der Waals surface area (Å²) in [4.78, 5) is 19.7. The molecule has 0 bridgehead atoms. The van der Waals surface area contributed by atoms with Gasteiger partial charge >= 0.3 is 0 Å². The zero-order valence-corrected chi connectivity index (χ0v) is 15.9. The van der Waals surface area contributed by atoms with Gasteiger partial charge in [0.05, 0.1) is 17.1 Å². The number of likely N-dealkylation sites (tertiary alicyclic amines) is 1. The summed E-state index contributed by atoms with van der Waals surface area (Å²) in [5.74, 6) is 0.449. The molecule has 1 unspecified atom stereocenters. The molecule has 0 spiro atoms. The van der Waals surface area contributed by atoms with E-state index in [0.717, 1.165) is 42.8 Å². The van der Waals surface area contributed by atoms with Crippen LogP contribution in [0.5, 0.6) is 0 Å². The van der Waals surface area contributed by atoms with Gasteiger partial charge in [0.25, 0.3) is 5.91 Å². The zero-order chi connectivity index (χ0) is 18.8. The van der Waals surface area contributed by atoms with Crippen molar-refractivity contribution in [3.05, 3.63) is 59.4 Å². The highest BCUT2D eigenvalue weighted by Crippen LogP contribution is 2.20. The molecule has 0 radical (unpaired) electrons. The minimum absolute atomic E-state index is 0.0417. The fourth-order valence-corrected chi connectivity index (χ4v) is 3.82. The Balaban J connectivity index is 1.36. The molecular formula is C21H25N5O. The number of hydrogen-bond donors (Lipinski definition) is 1. The van der Waals surface area contributed by atoms with E-state index in [-0.39, 0.29) is 5.91 Å². The first-order valence-electron chi connectivity index (χ1n) is 9.44. The number of hydrogen-bond acceptors (Lipinski definition) is 4. The predicted molar refractivity (Wildman–Crippen MR) is 105 cm³/mol. The van der Waals surface area contributed by atoms with Crippen LogP contribution in [0.3, 0.4) is 0 Å². The average Bonchev–Trinajstić information content (AvgIpc) is 3.27. The molecule has 1 fully saturated rings. The first-order chi connectivity index (χ1) is 13.1. The van der Waals surface area contributed by atoms with Gasteiger partial charge in [-0.05, 0) is 37.4 Å². The van der Waals surface area contributed by atoms with Crippen LogP contribution in [0.2, 0.25) is 0 Å². The molecule has 3 heterocycles. The minimum Gasteiger partial charge on any atom is -0.352 e. The molecule has 1 aliphatic heterocycles. The molecule has 6 heteroatoms. The molecule has 3 aromatic rings. The number of fused-ring (bicyclic) bond motifs is 1. The normalized spacial score (nSPS) is 17.5. The molecular weight excluding hydrogens is 338 g/mol. The maximum atomic E-state index is 12.8. The molecule has 1 aliphatic rings. The minimum atomic E-state index is -0.0417. The van der Waals surface area contributed by atoms with E-state index in [0.29, 0.717) is 18.0 Å². The number of benzene rings is 1. The molecule has 0 saturated carbocycles. The van der Waals surface area contributed by atoms with E-state index in [1.165, 1.54) is 5.56 Å². The Bertz CT molecular complexity index is 950. The van der Waals surface area contributed by atoms with Crippen molar-refractivity contribution < 1.29 is 4.79 Å². The van der Waals surface area contributed by atoms with Gasteiger partial charge in [-0.15, -0.1) is 0 Å². The third kappa shape index (κ3) is 3.85. The quantitative estimate of drug-likeness (QED) is 0.757. The largest absolute Gasteiger partial charge is 0.352 e. The van der Waals surface area contributed by atoms with Gasteiger partial charge in [-0.1, -0.05) is 30.3 Å². The number of aromatic nitrogens is 3. The molecule has 4 rings (SSSR count). The second-order valence-electron chi connectivity index (χ2n) is 7.40. The Morgan fingerprint density at radius 1 is 1.30 bits per heavy atom. The number of rotatable bonds is 5. The number of carbonyl (C=O) groups excluding carboxylic acids is 1. The monoisotopic (exact) mass is 363 g/mol. The molecule has 1 amide bonds. The van der Waals surface area contributed by atoms with E-state index in [9.17, 15) is 4.79 Å². The maximum Gasteiger partial charge on any atom is 0.252 e. The topological polar surface area (TPSA) is 63.1 Å². The first kappa shape index (κ1) is 17.7. The van der Waals surface area contributed by atoms with Crippen molar-refractivity contribution in [1.82, 2.24) is 25.0 Å². The number of nitrogens with zero attached hydrogens (tertiary/aromatic N) is 4. The van der Waals surface area contributed by atoms with Crippen LogP contribution >= 0.6 is 0 Å². The zero-order valence-electron chi connectivity index (χ0n) is 15.9. The lowest BCUT2D eigenvalue weighted by molar-refractivity contribution is 0.0948. The second kappa shape index (κ2) is 7.48. The van der Waals surface area contributed by atoms with E-state index in [1.54, 1.807) is 10.9 Å². The lowest BCUT2D eigenvalue weighted by Crippen LogP contribution is -2.31. The summed E-state index contributed by atoms with van der Waals surface area (Å²) in [7, 11) is 1.84. The first-order valence-corrected chi connectivity index (χ1v) is 9.44. The maximum absolute atomic E-state index is 12.8. The Hall–Kier alpha value is -2.73. The van der Waals surface area contributed by atoms with Gasteiger partial charge < -0.3 is 5.32 Å². The van der Waals surface area contributed by atoms with E-state index in [4.69, 9.17) is 0 Å². The number of amides is 1. The Labute approximate surface area is 159 Å². The van der Waals surface area contributed by atoms with Crippen LogP contribution < -0.4 is 5.32 Å². The summed E-state index contributed by atoms with van der Waals surface area (Å²) in [5, 5.41) is 8.16. The van der Waals surface area contributed by atoms with Gasteiger partial charge in [-0.3, -0.25) is 14.4 Å². The molecule has 2 aromatic heterocycles. The second-order valence-corrected chi connectivity index (χ2v) is 7.40. The van der Waals surface area contributed by atoms with Gasteiger partial charge in [0.2, 0.25) is 0 Å². The Morgan fingerprint density at radius 3 is 2.93 bits per heavy atom. The lowest BCUT2D eigenvalue weighted by atomic mass is 10.1. The van der Waals surface area contributed by atoms with Gasteiger partial charge in [0.1, 0.15) is 0 Å². The number of aryl methyl sites for hydroxylation is 2. The fourth-order valence-electron chi connectivity index (χ4n) is 3.82. The fraction of sp³-hybridized carbons (Fsp3) is 0.381. The van der Waals surface area contributed by atoms with Crippen LogP contribution in [-0.4, -0.2) is 45.2 Å². The summed E-state index contributed by atoms with van der Waals surface area (Å²) in [6, 6.07) is 12.4. The SMILES string of the molecule is Cc1cc(C(=O)NCC2CCN(Cc3ccccc3)C2)c2cnn(C)c2n1. The van der Waals surface area contributed by atoms with E-state index >= 15 is 0 Å². The van der Waals surface area contributed by atoms with Crippen LogP contribution in [0, 0.1) is 12.8 Å². The van der Waals surface area contributed by atoms with E-state index in [1.807, 2.05) is 26.1 Å². The molecule has 6 nitrogen and oxygen atoms in total. The molecule has 0 aliphatic carbocycles. The van der Waals surface area contributed by atoms with E-state index < -0.39 is 0 Å². The third-order valence-corrected chi connectivity index (χ3v) is 5.25. The highest BCUT2D eigenvalue weighted by molar-refractivity contribution is 6.05. The van der Waals surface area contributed by atoms with Crippen molar-refractivity contribution in [2.24, 2.45) is 13.0 Å². The van der Waals surface area contributed by atoms with E-state index in [2.05, 4.69) is 44.6 Å². The highest BCUT2D eigenvalue weighted by atomic mass is 16.1. The summed E-state index contributed by atoms with van der Waals surface area (Å²) in [6.45, 7) is 5.68. The molecule has 140 valence electrons. The Kier molecular flexibility index (Phi) is 4.90. The van der Waals surface area contributed by atoms with Crippen molar-refractivity contribution in [2.75, 3.05) is 19.6 Å². The summed E-state index contributed by atoms with van der Waals surface area (Å²) < 4.78 is 1.71. The van der Waals surface area contributed by atoms with Gasteiger partial charge in [-0.25, -0.2) is 4.98 Å². The molecule has 1 aromatic carbocycles. The van der Waals surface area contributed by atoms with Crippen molar-refractivity contribution >= 4 is 16.9 Å². The van der Waals surface area contributed by atoms with Crippen LogP contribution in [-0.2, 0) is 13.6 Å². The van der Waals surface area contributed by atoms with Crippen LogP contribution in [0.25, 0.3) is 11.0 Å². The van der Waals surface area contributed by atoms with Crippen molar-refractivity contribution in [3.8, 4) is 0 Å². The lowest BCUT2D eigenvalue weighted by Gasteiger charge is -2.16. The Morgan fingerprint density at radius 2 is 2.11 bits per heavy atom.